The highest BCUT2D eigenvalue weighted by atomic mass is 16.5. The standard InChI is InChI=1S/C20H30O2/c1-6-7-8-9-10-11-12-13-14-15-16-20(3,4)18(2)17-19(21)22-5/h6-15,18H,16-17H2,1-5H3/q-2. The van der Waals surface area contributed by atoms with Gasteiger partial charge in [-0.15, -0.1) is 19.1 Å². The van der Waals surface area contributed by atoms with Gasteiger partial charge in [-0.3, -0.25) is 4.79 Å². The van der Waals surface area contributed by atoms with E-state index in [9.17, 15) is 4.79 Å². The van der Waals surface area contributed by atoms with E-state index in [0.717, 1.165) is 6.42 Å². The molecule has 0 rings (SSSR count). The molecule has 0 heterocycles. The first kappa shape index (κ1) is 20.2. The van der Waals surface area contributed by atoms with Gasteiger partial charge in [0, 0.05) is 6.42 Å². The van der Waals surface area contributed by atoms with Crippen LogP contribution in [0.3, 0.4) is 0 Å². The third-order valence-corrected chi connectivity index (χ3v) is 3.78. The minimum Gasteiger partial charge on any atom is -0.469 e. The Kier molecular flexibility index (Phi) is 10.8. The molecule has 0 amide bonds. The molecule has 0 radical (unpaired) electrons. The average molecular weight is 302 g/mol. The van der Waals surface area contributed by atoms with Gasteiger partial charge in [0.25, 0.3) is 0 Å². The Morgan fingerprint density at radius 3 is 2.18 bits per heavy atom. The average Bonchev–Trinajstić information content (AvgIpc) is 2.48. The van der Waals surface area contributed by atoms with Crippen LogP contribution < -0.4 is 0 Å². The van der Waals surface area contributed by atoms with Crippen LogP contribution in [0.15, 0.2) is 48.6 Å². The molecule has 22 heavy (non-hydrogen) atoms. The van der Waals surface area contributed by atoms with Crippen LogP contribution in [-0.4, -0.2) is 13.1 Å². The fraction of sp³-hybridized carbons (Fsp3) is 0.450. The second-order valence-corrected chi connectivity index (χ2v) is 5.98. The molecule has 124 valence electrons. The Bertz CT molecular complexity index is 411. The molecule has 0 aliphatic carbocycles. The van der Waals surface area contributed by atoms with Crippen LogP contribution >= 0.6 is 0 Å². The van der Waals surface area contributed by atoms with Crippen molar-refractivity contribution in [3.8, 4) is 0 Å². The van der Waals surface area contributed by atoms with Crippen LogP contribution in [0, 0.1) is 24.2 Å². The number of ether oxygens (including phenoxy) is 1. The summed E-state index contributed by atoms with van der Waals surface area (Å²) in [5.41, 5.74) is 0.0730. The highest BCUT2D eigenvalue weighted by molar-refractivity contribution is 5.69. The van der Waals surface area contributed by atoms with Crippen molar-refractivity contribution in [2.75, 3.05) is 7.11 Å². The van der Waals surface area contributed by atoms with Gasteiger partial charge in [0.05, 0.1) is 7.11 Å². The van der Waals surface area contributed by atoms with E-state index in [1.165, 1.54) is 7.11 Å². The van der Waals surface area contributed by atoms with Gasteiger partial charge in [0.1, 0.15) is 0 Å². The molecule has 0 aliphatic heterocycles. The van der Waals surface area contributed by atoms with Gasteiger partial charge >= 0.3 is 5.97 Å². The first-order valence-electron chi connectivity index (χ1n) is 7.78. The number of hydrogen-bond acceptors (Lipinski definition) is 2. The number of allylic oxidation sites excluding steroid dienone is 8. The Morgan fingerprint density at radius 1 is 1.09 bits per heavy atom. The molecule has 0 aromatic rings. The minimum absolute atomic E-state index is 0.0730. The smallest absolute Gasteiger partial charge is 0.305 e. The summed E-state index contributed by atoms with van der Waals surface area (Å²) in [7, 11) is 1.44. The summed E-state index contributed by atoms with van der Waals surface area (Å²) in [6, 6.07) is 0. The van der Waals surface area contributed by atoms with Gasteiger partial charge in [-0.2, -0.15) is 0 Å². The van der Waals surface area contributed by atoms with Crippen LogP contribution in [0.5, 0.6) is 0 Å². The molecule has 0 saturated heterocycles. The highest BCUT2D eigenvalue weighted by Gasteiger charge is 2.25. The quantitative estimate of drug-likeness (QED) is 0.313. The number of rotatable bonds is 10. The van der Waals surface area contributed by atoms with E-state index in [1.54, 1.807) is 0 Å². The Balaban J connectivity index is 4.08. The third-order valence-electron chi connectivity index (χ3n) is 3.78. The Labute approximate surface area is 136 Å². The molecule has 0 aromatic heterocycles. The second kappa shape index (κ2) is 11.8. The van der Waals surface area contributed by atoms with Crippen LogP contribution in [0.4, 0.5) is 0 Å². The first-order valence-corrected chi connectivity index (χ1v) is 7.78. The minimum atomic E-state index is -0.138. The van der Waals surface area contributed by atoms with E-state index in [2.05, 4.69) is 27.2 Å². The van der Waals surface area contributed by atoms with E-state index in [0.29, 0.717) is 6.42 Å². The summed E-state index contributed by atoms with van der Waals surface area (Å²) in [5, 5.41) is 0. The van der Waals surface area contributed by atoms with Gasteiger partial charge < -0.3 is 4.74 Å². The number of esters is 1. The number of hydrogen-bond donors (Lipinski definition) is 0. The van der Waals surface area contributed by atoms with Crippen molar-refractivity contribution in [2.24, 2.45) is 11.3 Å². The fourth-order valence-corrected chi connectivity index (χ4v) is 1.76. The molecular formula is C20H30O2-2. The van der Waals surface area contributed by atoms with Gasteiger partial charge in [0.2, 0.25) is 0 Å². The van der Waals surface area contributed by atoms with E-state index in [-0.39, 0.29) is 17.3 Å². The largest absolute Gasteiger partial charge is 0.469 e. The number of carbonyl (C=O) groups excluding carboxylic acids is 1. The van der Waals surface area contributed by atoms with Crippen LogP contribution in [0.25, 0.3) is 0 Å². The predicted octanol–water partition coefficient (Wildman–Crippen LogP) is 5.26. The molecule has 0 saturated carbocycles. The highest BCUT2D eigenvalue weighted by Crippen LogP contribution is 2.34. The lowest BCUT2D eigenvalue weighted by Gasteiger charge is -2.33. The third kappa shape index (κ3) is 9.98. The summed E-state index contributed by atoms with van der Waals surface area (Å²) in [6.07, 6.45) is 21.6. The van der Waals surface area contributed by atoms with E-state index < -0.39 is 0 Å². The Morgan fingerprint density at radius 2 is 1.64 bits per heavy atom. The summed E-state index contributed by atoms with van der Waals surface area (Å²) in [5.74, 6) is 0.144. The molecule has 0 bridgehead atoms. The lowest BCUT2D eigenvalue weighted by molar-refractivity contribution is -0.142. The van der Waals surface area contributed by atoms with Crippen LogP contribution in [0.1, 0.15) is 40.5 Å². The topological polar surface area (TPSA) is 26.3 Å². The predicted molar refractivity (Wildman–Crippen MR) is 95.0 cm³/mol. The zero-order valence-corrected chi connectivity index (χ0v) is 14.6. The molecular weight excluding hydrogens is 272 g/mol. The van der Waals surface area contributed by atoms with Gasteiger partial charge in [0.15, 0.2) is 0 Å². The van der Waals surface area contributed by atoms with Crippen molar-refractivity contribution in [3.05, 3.63) is 61.4 Å². The van der Waals surface area contributed by atoms with Crippen molar-refractivity contribution < 1.29 is 9.53 Å². The fourth-order valence-electron chi connectivity index (χ4n) is 1.76. The molecule has 2 heteroatoms. The molecule has 1 unspecified atom stereocenters. The zero-order valence-electron chi connectivity index (χ0n) is 14.6. The molecule has 0 N–H and O–H groups in total. The number of carbonyl (C=O) groups is 1. The second-order valence-electron chi connectivity index (χ2n) is 5.98. The van der Waals surface area contributed by atoms with Gasteiger partial charge in [-0.1, -0.05) is 39.3 Å². The van der Waals surface area contributed by atoms with Crippen molar-refractivity contribution in [2.45, 2.75) is 40.5 Å². The molecule has 0 aliphatic rings. The lowest BCUT2D eigenvalue weighted by atomic mass is 9.75. The molecule has 0 aromatic carbocycles. The zero-order chi connectivity index (χ0) is 16.8. The van der Waals surface area contributed by atoms with Crippen molar-refractivity contribution >= 4 is 5.97 Å². The summed E-state index contributed by atoms with van der Waals surface area (Å²) in [4.78, 5) is 11.3. The molecule has 2 nitrogen and oxygen atoms in total. The molecule has 0 spiro atoms. The SMILES string of the molecule is C[CH-]C=CC=CC=CC=C[CH-]CC(C)(C)C(C)CC(=O)OC. The summed E-state index contributed by atoms with van der Waals surface area (Å²) >= 11 is 0. The monoisotopic (exact) mass is 302 g/mol. The first-order chi connectivity index (χ1) is 10.4. The van der Waals surface area contributed by atoms with Crippen molar-refractivity contribution in [3.63, 3.8) is 0 Å². The van der Waals surface area contributed by atoms with Crippen LogP contribution in [-0.2, 0) is 9.53 Å². The van der Waals surface area contributed by atoms with Gasteiger partial charge in [-0.25, -0.2) is 37.1 Å². The Hall–Kier alpha value is -1.83. The normalized spacial score (nSPS) is 14.2. The summed E-state index contributed by atoms with van der Waals surface area (Å²) in [6.45, 7) is 8.45. The molecule has 0 fully saturated rings. The van der Waals surface area contributed by atoms with Crippen molar-refractivity contribution in [1.29, 1.82) is 0 Å². The van der Waals surface area contributed by atoms with Gasteiger partial charge in [-0.05, 0) is 11.3 Å². The number of methoxy groups -OCH3 is 1. The van der Waals surface area contributed by atoms with Crippen LogP contribution in [0.2, 0.25) is 0 Å². The lowest BCUT2D eigenvalue weighted by Crippen LogP contribution is -2.24. The molecule has 1 atom stereocenters. The van der Waals surface area contributed by atoms with Crippen molar-refractivity contribution in [1.82, 2.24) is 0 Å². The summed E-state index contributed by atoms with van der Waals surface area (Å²) < 4.78 is 4.74. The maximum Gasteiger partial charge on any atom is 0.305 e. The van der Waals surface area contributed by atoms with E-state index in [1.807, 2.05) is 62.0 Å². The maximum atomic E-state index is 11.3. The maximum absolute atomic E-state index is 11.3. The van der Waals surface area contributed by atoms with E-state index >= 15 is 0 Å². The van der Waals surface area contributed by atoms with E-state index in [4.69, 9.17) is 4.74 Å².